The molecule has 54 heavy (non-hydrogen) atoms. The van der Waals surface area contributed by atoms with Crippen molar-refractivity contribution in [2.45, 2.75) is 38.8 Å². The van der Waals surface area contributed by atoms with E-state index in [0.29, 0.717) is 36.7 Å². The van der Waals surface area contributed by atoms with E-state index in [1.807, 2.05) is 36.9 Å². The van der Waals surface area contributed by atoms with Gasteiger partial charge in [-0.3, -0.25) is 14.5 Å². The molecule has 3 heterocycles. The van der Waals surface area contributed by atoms with Gasteiger partial charge >= 0.3 is 12.4 Å². The quantitative estimate of drug-likeness (QED) is 0.150. The lowest BCUT2D eigenvalue weighted by molar-refractivity contribution is -0.143. The third-order valence-corrected chi connectivity index (χ3v) is 8.71. The second-order valence-corrected chi connectivity index (χ2v) is 12.9. The van der Waals surface area contributed by atoms with Gasteiger partial charge in [-0.05, 0) is 74.0 Å². The van der Waals surface area contributed by atoms with Crippen LogP contribution in [0.1, 0.15) is 51.4 Å². The number of halogens is 7. The van der Waals surface area contributed by atoms with Crippen LogP contribution in [0.2, 0.25) is 0 Å². The number of fused-ring (bicyclic) bond motifs is 1. The number of benzene rings is 3. The number of carbonyl (C=O) groups excluding carboxylic acids is 2. The average Bonchev–Trinajstić information content (AvgIpc) is 3.44. The SMILES string of the molecule is Br.CC(C)Oc1ccc(CN2CCN(C(=O)c3cc4ccc(Oc5ccc(NC(=O)c6ccc(C(F)(F)F)cc6C(F)(F)F)cn5)cc4n3C)CC2)cc1. The second kappa shape index (κ2) is 16.1. The summed E-state index contributed by atoms with van der Waals surface area (Å²) in [6.45, 7) is 7.38. The molecule has 0 spiro atoms. The third-order valence-electron chi connectivity index (χ3n) is 8.71. The number of hydrogen-bond donors (Lipinski definition) is 1. The minimum absolute atomic E-state index is 0. The maximum Gasteiger partial charge on any atom is 0.417 e. The minimum atomic E-state index is -5.20. The van der Waals surface area contributed by atoms with Gasteiger partial charge in [0, 0.05) is 57.3 Å². The standard InChI is InChI=1S/C38H35F6N5O4.BrH/c1-23(2)52-28-9-4-24(5-10-28)22-48-14-16-49(17-15-48)36(51)33-18-25-6-11-29(20-32(25)47(33)3)53-34-13-8-27(21-45-34)46-35(50)30-12-7-26(37(39,40)41)19-31(30)38(42,43)44;/h4-13,18-21,23H,14-17,22H2,1-3H3,(H,46,50);1H. The number of pyridine rings is 1. The number of aromatic nitrogens is 2. The summed E-state index contributed by atoms with van der Waals surface area (Å²) in [6.07, 6.45) is -8.98. The lowest BCUT2D eigenvalue weighted by Gasteiger charge is -2.34. The largest absolute Gasteiger partial charge is 0.491 e. The number of alkyl halides is 6. The van der Waals surface area contributed by atoms with Crippen LogP contribution >= 0.6 is 17.0 Å². The van der Waals surface area contributed by atoms with Crippen LogP contribution in [0.5, 0.6) is 17.4 Å². The summed E-state index contributed by atoms with van der Waals surface area (Å²) in [5.74, 6) is -0.0314. The van der Waals surface area contributed by atoms with E-state index in [-0.39, 0.29) is 46.6 Å². The smallest absolute Gasteiger partial charge is 0.417 e. The lowest BCUT2D eigenvalue weighted by atomic mass is 10.0. The highest BCUT2D eigenvalue weighted by atomic mass is 79.9. The molecule has 1 fully saturated rings. The van der Waals surface area contributed by atoms with Gasteiger partial charge in [-0.15, -0.1) is 17.0 Å². The molecule has 286 valence electrons. The van der Waals surface area contributed by atoms with Gasteiger partial charge < -0.3 is 24.3 Å². The number of carbonyl (C=O) groups is 2. The van der Waals surface area contributed by atoms with Crippen LogP contribution in [0.4, 0.5) is 32.0 Å². The first-order valence-corrected chi connectivity index (χ1v) is 16.7. The number of ether oxygens (including phenoxy) is 2. The van der Waals surface area contributed by atoms with Crippen molar-refractivity contribution < 1.29 is 45.4 Å². The molecule has 0 saturated carbocycles. The number of rotatable bonds is 9. The molecule has 0 unspecified atom stereocenters. The van der Waals surface area contributed by atoms with Crippen molar-refractivity contribution in [3.05, 3.63) is 113 Å². The summed E-state index contributed by atoms with van der Waals surface area (Å²) < 4.78 is 93.0. The third kappa shape index (κ3) is 9.34. The summed E-state index contributed by atoms with van der Waals surface area (Å²) in [7, 11) is 1.79. The van der Waals surface area contributed by atoms with Gasteiger partial charge in [-0.25, -0.2) is 4.98 Å². The van der Waals surface area contributed by atoms with E-state index in [1.54, 1.807) is 29.8 Å². The molecule has 1 N–H and O–H groups in total. The van der Waals surface area contributed by atoms with E-state index in [4.69, 9.17) is 9.47 Å². The summed E-state index contributed by atoms with van der Waals surface area (Å²) in [5, 5.41) is 3.05. The summed E-state index contributed by atoms with van der Waals surface area (Å²) in [6, 6.07) is 18.6. The molecular formula is C38H36BrF6N5O4. The van der Waals surface area contributed by atoms with E-state index < -0.39 is 35.0 Å². The predicted molar refractivity (Wildman–Crippen MR) is 195 cm³/mol. The van der Waals surface area contributed by atoms with Crippen LogP contribution in [0.15, 0.2) is 85.1 Å². The van der Waals surface area contributed by atoms with Crippen LogP contribution in [-0.2, 0) is 25.9 Å². The number of nitrogens with zero attached hydrogens (tertiary/aromatic N) is 4. The maximum atomic E-state index is 13.6. The first-order chi connectivity index (χ1) is 25.0. The van der Waals surface area contributed by atoms with Crippen molar-refractivity contribution in [2.75, 3.05) is 31.5 Å². The number of hydrogen-bond acceptors (Lipinski definition) is 6. The summed E-state index contributed by atoms with van der Waals surface area (Å²) in [5.41, 5.74) is -1.81. The highest BCUT2D eigenvalue weighted by molar-refractivity contribution is 8.93. The minimum Gasteiger partial charge on any atom is -0.491 e. The van der Waals surface area contributed by atoms with Crippen molar-refractivity contribution in [3.8, 4) is 17.4 Å². The molecule has 2 aromatic heterocycles. The van der Waals surface area contributed by atoms with Gasteiger partial charge in [0.15, 0.2) is 0 Å². The Morgan fingerprint density at radius 1 is 0.833 bits per heavy atom. The fourth-order valence-electron chi connectivity index (χ4n) is 6.04. The Morgan fingerprint density at radius 3 is 2.13 bits per heavy atom. The van der Waals surface area contributed by atoms with Crippen LogP contribution in [0.25, 0.3) is 10.9 Å². The molecular weight excluding hydrogens is 784 g/mol. The Kier molecular flexibility index (Phi) is 12.0. The van der Waals surface area contributed by atoms with Crippen LogP contribution < -0.4 is 14.8 Å². The maximum absolute atomic E-state index is 13.6. The predicted octanol–water partition coefficient (Wildman–Crippen LogP) is 8.98. The molecule has 3 aromatic carbocycles. The molecule has 1 saturated heterocycles. The molecule has 16 heteroatoms. The normalized spacial score (nSPS) is 13.9. The second-order valence-electron chi connectivity index (χ2n) is 12.9. The Labute approximate surface area is 317 Å². The molecule has 1 aliphatic rings. The fourth-order valence-corrected chi connectivity index (χ4v) is 6.04. The molecule has 9 nitrogen and oxygen atoms in total. The van der Waals surface area contributed by atoms with Gasteiger partial charge in [0.05, 0.1) is 40.2 Å². The van der Waals surface area contributed by atoms with Crippen molar-refractivity contribution in [1.29, 1.82) is 0 Å². The molecule has 0 bridgehead atoms. The highest BCUT2D eigenvalue weighted by Gasteiger charge is 2.39. The topological polar surface area (TPSA) is 88.9 Å². The first-order valence-electron chi connectivity index (χ1n) is 16.7. The van der Waals surface area contributed by atoms with Gasteiger partial charge in [-0.2, -0.15) is 26.3 Å². The zero-order chi connectivity index (χ0) is 38.1. The van der Waals surface area contributed by atoms with Gasteiger partial charge in [0.25, 0.3) is 11.8 Å². The summed E-state index contributed by atoms with van der Waals surface area (Å²) in [4.78, 5) is 34.5. The number of piperazine rings is 1. The number of amides is 2. The van der Waals surface area contributed by atoms with E-state index in [9.17, 15) is 35.9 Å². The Bertz CT molecular complexity index is 2110. The van der Waals surface area contributed by atoms with Gasteiger partial charge in [0.1, 0.15) is 17.2 Å². The van der Waals surface area contributed by atoms with E-state index in [1.165, 1.54) is 17.7 Å². The number of nitrogens with one attached hydrogen (secondary N) is 1. The van der Waals surface area contributed by atoms with E-state index in [2.05, 4.69) is 27.3 Å². The van der Waals surface area contributed by atoms with Crippen molar-refractivity contribution in [3.63, 3.8) is 0 Å². The van der Waals surface area contributed by atoms with Crippen LogP contribution in [-0.4, -0.2) is 63.4 Å². The lowest BCUT2D eigenvalue weighted by Crippen LogP contribution is -2.48. The Morgan fingerprint density at radius 2 is 1.52 bits per heavy atom. The highest BCUT2D eigenvalue weighted by Crippen LogP contribution is 2.38. The fraction of sp³-hybridized carbons (Fsp3) is 0.289. The van der Waals surface area contributed by atoms with Gasteiger partial charge in [-0.1, -0.05) is 12.1 Å². The average molecular weight is 821 g/mol. The first kappa shape index (κ1) is 40.1. The van der Waals surface area contributed by atoms with E-state index in [0.717, 1.165) is 42.5 Å². The van der Waals surface area contributed by atoms with Crippen molar-refractivity contribution in [2.24, 2.45) is 7.05 Å². The van der Waals surface area contributed by atoms with Crippen molar-refractivity contribution >= 4 is 45.4 Å². The Hall–Kier alpha value is -5.09. The Balaban J connectivity index is 0.00000561. The molecule has 0 atom stereocenters. The van der Waals surface area contributed by atoms with Crippen LogP contribution in [0.3, 0.4) is 0 Å². The van der Waals surface area contributed by atoms with Gasteiger partial charge in [0.2, 0.25) is 5.88 Å². The molecule has 1 aliphatic heterocycles. The molecule has 0 aliphatic carbocycles. The molecule has 6 rings (SSSR count). The zero-order valence-corrected chi connectivity index (χ0v) is 31.0. The molecule has 0 radical (unpaired) electrons. The van der Waals surface area contributed by atoms with E-state index >= 15 is 0 Å². The molecule has 5 aromatic rings. The molecule has 2 amide bonds. The van der Waals surface area contributed by atoms with Crippen molar-refractivity contribution in [1.82, 2.24) is 19.4 Å². The monoisotopic (exact) mass is 819 g/mol. The number of anilines is 1. The number of aryl methyl sites for hydroxylation is 1. The zero-order valence-electron chi connectivity index (χ0n) is 29.3. The van der Waals surface area contributed by atoms with Crippen LogP contribution in [0, 0.1) is 0 Å². The summed E-state index contributed by atoms with van der Waals surface area (Å²) >= 11 is 0.